The van der Waals surface area contributed by atoms with E-state index in [2.05, 4.69) is 29.2 Å². The topological polar surface area (TPSA) is 43.9 Å². The molecule has 0 aliphatic carbocycles. The lowest BCUT2D eigenvalue weighted by atomic mass is 10.2. The van der Waals surface area contributed by atoms with Gasteiger partial charge < -0.3 is 9.80 Å². The number of carbonyl (C=O) groups excluding carboxylic acids is 2. The van der Waals surface area contributed by atoms with Crippen LogP contribution in [-0.4, -0.2) is 60.9 Å². The van der Waals surface area contributed by atoms with Gasteiger partial charge in [-0.2, -0.15) is 0 Å². The average molecular weight is 392 g/mol. The third kappa shape index (κ3) is 5.55. The molecule has 2 aromatic rings. The van der Waals surface area contributed by atoms with Gasteiger partial charge in [0.05, 0.1) is 0 Å². The quantitative estimate of drug-likeness (QED) is 0.735. The van der Waals surface area contributed by atoms with Crippen molar-refractivity contribution in [3.05, 3.63) is 71.8 Å². The van der Waals surface area contributed by atoms with Crippen LogP contribution >= 0.6 is 0 Å². The number of anilines is 1. The number of aryl methyl sites for hydroxylation is 1. The highest BCUT2D eigenvalue weighted by Crippen LogP contribution is 2.17. The second kappa shape index (κ2) is 10.0. The van der Waals surface area contributed by atoms with Gasteiger partial charge in [-0.15, -0.1) is 0 Å². The maximum atomic E-state index is 12.8. The van der Waals surface area contributed by atoms with Crippen LogP contribution in [0.3, 0.4) is 0 Å². The molecule has 0 unspecified atom stereocenters. The Morgan fingerprint density at radius 2 is 1.72 bits per heavy atom. The molecule has 2 aromatic carbocycles. The molecular weight excluding hydrogens is 362 g/mol. The number of benzene rings is 2. The second-order valence-electron chi connectivity index (χ2n) is 7.29. The van der Waals surface area contributed by atoms with Gasteiger partial charge in [-0.1, -0.05) is 54.6 Å². The number of rotatable bonds is 5. The lowest BCUT2D eigenvalue weighted by Crippen LogP contribution is -2.53. The van der Waals surface area contributed by atoms with Crippen molar-refractivity contribution >= 4 is 23.6 Å². The monoisotopic (exact) mass is 391 g/mol. The summed E-state index contributed by atoms with van der Waals surface area (Å²) in [4.78, 5) is 31.1. The summed E-state index contributed by atoms with van der Waals surface area (Å²) in [7, 11) is 0. The molecular formula is C24H29N3O2. The lowest BCUT2D eigenvalue weighted by molar-refractivity contribution is -0.145. The van der Waals surface area contributed by atoms with E-state index in [0.29, 0.717) is 19.6 Å². The molecule has 0 radical (unpaired) electrons. The Kier molecular flexibility index (Phi) is 7.19. The number of amides is 2. The van der Waals surface area contributed by atoms with Gasteiger partial charge in [-0.3, -0.25) is 14.5 Å². The fourth-order valence-corrected chi connectivity index (χ4v) is 3.53. The highest BCUT2D eigenvalue weighted by atomic mass is 16.2. The van der Waals surface area contributed by atoms with E-state index in [1.807, 2.05) is 56.3 Å². The van der Waals surface area contributed by atoms with E-state index < -0.39 is 11.8 Å². The highest BCUT2D eigenvalue weighted by Gasteiger charge is 2.29. The Balaban J connectivity index is 1.52. The number of carbonyl (C=O) groups is 2. The summed E-state index contributed by atoms with van der Waals surface area (Å²) in [5, 5.41) is 0. The van der Waals surface area contributed by atoms with Crippen molar-refractivity contribution < 1.29 is 9.59 Å². The van der Waals surface area contributed by atoms with Crippen molar-refractivity contribution in [1.29, 1.82) is 0 Å². The zero-order chi connectivity index (χ0) is 20.6. The van der Waals surface area contributed by atoms with Gasteiger partial charge in [0.15, 0.2) is 0 Å². The third-order valence-corrected chi connectivity index (χ3v) is 5.19. The van der Waals surface area contributed by atoms with Crippen LogP contribution in [0.2, 0.25) is 0 Å². The molecule has 0 saturated carbocycles. The Morgan fingerprint density at radius 3 is 2.38 bits per heavy atom. The fourth-order valence-electron chi connectivity index (χ4n) is 3.53. The largest absolute Gasteiger partial charge is 0.332 e. The number of nitrogens with zero attached hydrogens (tertiary/aromatic N) is 3. The minimum Gasteiger partial charge on any atom is -0.332 e. The zero-order valence-electron chi connectivity index (χ0n) is 17.3. The van der Waals surface area contributed by atoms with Gasteiger partial charge in [0.25, 0.3) is 0 Å². The van der Waals surface area contributed by atoms with Gasteiger partial charge in [0.1, 0.15) is 0 Å². The van der Waals surface area contributed by atoms with Crippen LogP contribution in [0.4, 0.5) is 5.69 Å². The van der Waals surface area contributed by atoms with E-state index in [0.717, 1.165) is 30.9 Å². The van der Waals surface area contributed by atoms with E-state index in [-0.39, 0.29) is 0 Å². The second-order valence-corrected chi connectivity index (χ2v) is 7.29. The van der Waals surface area contributed by atoms with E-state index in [4.69, 9.17) is 0 Å². The van der Waals surface area contributed by atoms with Crippen molar-refractivity contribution in [2.45, 2.75) is 13.8 Å². The minimum absolute atomic E-state index is 0.409. The van der Waals surface area contributed by atoms with Gasteiger partial charge in [-0.25, -0.2) is 0 Å². The normalized spacial score (nSPS) is 14.9. The first kappa shape index (κ1) is 20.8. The maximum absolute atomic E-state index is 12.8. The van der Waals surface area contributed by atoms with Gasteiger partial charge in [0, 0.05) is 45.0 Å². The number of likely N-dealkylation sites (N-methyl/N-ethyl adjacent to an activating group) is 1. The van der Waals surface area contributed by atoms with Crippen LogP contribution in [0.5, 0.6) is 0 Å². The SMILES string of the molecule is CCN(C(=O)C(=O)N1CCN(C/C=C/c2ccccc2)CC1)c1cccc(C)c1. The molecule has 0 spiro atoms. The summed E-state index contributed by atoms with van der Waals surface area (Å²) in [6, 6.07) is 17.9. The Bertz CT molecular complexity index is 855. The van der Waals surface area contributed by atoms with Crippen LogP contribution < -0.4 is 4.90 Å². The predicted octanol–water partition coefficient (Wildman–Crippen LogP) is 3.21. The molecule has 0 N–H and O–H groups in total. The fraction of sp³-hybridized carbons (Fsp3) is 0.333. The summed E-state index contributed by atoms with van der Waals surface area (Å²) in [5.41, 5.74) is 3.02. The third-order valence-electron chi connectivity index (χ3n) is 5.19. The molecule has 1 saturated heterocycles. The average Bonchev–Trinajstić information content (AvgIpc) is 2.75. The summed E-state index contributed by atoms with van der Waals surface area (Å²) in [6.45, 7) is 7.89. The molecule has 152 valence electrons. The molecule has 0 atom stereocenters. The van der Waals surface area contributed by atoms with Crippen molar-refractivity contribution in [3.63, 3.8) is 0 Å². The zero-order valence-corrected chi connectivity index (χ0v) is 17.3. The summed E-state index contributed by atoms with van der Waals surface area (Å²) in [6.07, 6.45) is 4.26. The molecule has 5 heteroatoms. The smallest absolute Gasteiger partial charge is 0.316 e. The van der Waals surface area contributed by atoms with Crippen LogP contribution in [0, 0.1) is 6.92 Å². The molecule has 2 amide bonds. The van der Waals surface area contributed by atoms with E-state index in [1.54, 1.807) is 9.80 Å². The van der Waals surface area contributed by atoms with Gasteiger partial charge in [-0.05, 0) is 37.1 Å². The lowest BCUT2D eigenvalue weighted by Gasteiger charge is -2.34. The number of hydrogen-bond donors (Lipinski definition) is 0. The summed E-state index contributed by atoms with van der Waals surface area (Å²) in [5.74, 6) is -0.858. The first-order chi connectivity index (χ1) is 14.1. The van der Waals surface area contributed by atoms with E-state index in [1.165, 1.54) is 5.56 Å². The molecule has 1 fully saturated rings. The molecule has 1 aliphatic rings. The highest BCUT2D eigenvalue weighted by molar-refractivity contribution is 6.40. The van der Waals surface area contributed by atoms with Crippen LogP contribution in [0.1, 0.15) is 18.1 Å². The van der Waals surface area contributed by atoms with Gasteiger partial charge >= 0.3 is 11.8 Å². The van der Waals surface area contributed by atoms with Crippen LogP contribution in [-0.2, 0) is 9.59 Å². The number of piperazine rings is 1. The van der Waals surface area contributed by atoms with Crippen molar-refractivity contribution in [2.75, 3.05) is 44.2 Å². The minimum atomic E-state index is -0.449. The molecule has 1 aliphatic heterocycles. The Labute approximate surface area is 173 Å². The molecule has 5 nitrogen and oxygen atoms in total. The van der Waals surface area contributed by atoms with E-state index >= 15 is 0 Å². The van der Waals surface area contributed by atoms with Gasteiger partial charge in [0.2, 0.25) is 0 Å². The maximum Gasteiger partial charge on any atom is 0.316 e. The van der Waals surface area contributed by atoms with Crippen LogP contribution in [0.25, 0.3) is 6.08 Å². The van der Waals surface area contributed by atoms with Crippen molar-refractivity contribution in [1.82, 2.24) is 9.80 Å². The van der Waals surface area contributed by atoms with Crippen molar-refractivity contribution in [3.8, 4) is 0 Å². The predicted molar refractivity (Wildman–Crippen MR) is 118 cm³/mol. The molecule has 0 bridgehead atoms. The molecule has 3 rings (SSSR count). The van der Waals surface area contributed by atoms with E-state index in [9.17, 15) is 9.59 Å². The van der Waals surface area contributed by atoms with Crippen LogP contribution in [0.15, 0.2) is 60.7 Å². The number of hydrogen-bond acceptors (Lipinski definition) is 3. The Hall–Kier alpha value is -2.92. The Morgan fingerprint density at radius 1 is 1.00 bits per heavy atom. The standard InChI is InChI=1S/C24H29N3O2/c1-3-27(22-13-7-9-20(2)19-22)24(29)23(28)26-17-15-25(16-18-26)14-8-12-21-10-5-4-6-11-21/h4-13,19H,3,14-18H2,1-2H3/b12-8+. The molecule has 29 heavy (non-hydrogen) atoms. The molecule has 0 aromatic heterocycles. The summed E-state index contributed by atoms with van der Waals surface area (Å²) >= 11 is 0. The first-order valence-electron chi connectivity index (χ1n) is 10.2. The first-order valence-corrected chi connectivity index (χ1v) is 10.2. The summed E-state index contributed by atoms with van der Waals surface area (Å²) < 4.78 is 0. The van der Waals surface area contributed by atoms with Crippen molar-refractivity contribution in [2.24, 2.45) is 0 Å². The molecule has 1 heterocycles.